The average molecular weight is 311 g/mol. The Morgan fingerprint density at radius 1 is 1.22 bits per heavy atom. The normalized spacial score (nSPS) is 19.0. The van der Waals surface area contributed by atoms with Crippen LogP contribution in [0.3, 0.4) is 0 Å². The number of hydrogen-bond acceptors (Lipinski definition) is 3. The van der Waals surface area contributed by atoms with Gasteiger partial charge in [-0.1, -0.05) is 13.0 Å². The molecule has 3 rings (SSSR count). The lowest BCUT2D eigenvalue weighted by molar-refractivity contribution is -0.117. The van der Waals surface area contributed by atoms with Crippen molar-refractivity contribution in [1.82, 2.24) is 4.98 Å². The largest absolute Gasteiger partial charge is 0.366 e. The summed E-state index contributed by atoms with van der Waals surface area (Å²) >= 11 is 0. The van der Waals surface area contributed by atoms with Crippen LogP contribution in [0.1, 0.15) is 23.7 Å². The second-order valence-electron chi connectivity index (χ2n) is 5.77. The number of benzene rings is 1. The number of rotatable bonds is 4. The summed E-state index contributed by atoms with van der Waals surface area (Å²) in [6.07, 6.45) is 3.83. The molecule has 6 heteroatoms. The maximum absolute atomic E-state index is 12.2. The number of hydrogen-bond donors (Lipinski definition) is 3. The molecule has 1 aliphatic carbocycles. The standard InChI is InChI=1S/C17H17N3O3/c1-10-7-13(10)17(23)19-12-4-2-3-11(8-12)16(22)20-14-9-18-6-5-15(14)21/h2-6,8-10,13H,7H2,1H3,(H,18,21)(H,19,23)(H,20,22). The smallest absolute Gasteiger partial charge is 0.255 e. The molecule has 1 aromatic heterocycles. The third-order valence-electron chi connectivity index (χ3n) is 3.91. The van der Waals surface area contributed by atoms with Gasteiger partial charge in [0.25, 0.3) is 5.91 Å². The van der Waals surface area contributed by atoms with Crippen LogP contribution in [-0.4, -0.2) is 16.8 Å². The van der Waals surface area contributed by atoms with E-state index in [-0.39, 0.29) is 22.9 Å². The Morgan fingerprint density at radius 2 is 2.00 bits per heavy atom. The molecule has 6 nitrogen and oxygen atoms in total. The summed E-state index contributed by atoms with van der Waals surface area (Å²) in [7, 11) is 0. The number of nitrogens with one attached hydrogen (secondary N) is 3. The zero-order valence-corrected chi connectivity index (χ0v) is 12.6. The first-order chi connectivity index (χ1) is 11.0. The minimum absolute atomic E-state index is 0.0189. The van der Waals surface area contributed by atoms with E-state index in [1.165, 1.54) is 18.5 Å². The number of carbonyl (C=O) groups excluding carboxylic acids is 2. The van der Waals surface area contributed by atoms with E-state index in [1.807, 2.05) is 6.92 Å². The van der Waals surface area contributed by atoms with Crippen molar-refractivity contribution in [2.24, 2.45) is 11.8 Å². The number of aromatic nitrogens is 1. The summed E-state index contributed by atoms with van der Waals surface area (Å²) in [5.41, 5.74) is 0.849. The molecular weight excluding hydrogens is 294 g/mol. The van der Waals surface area contributed by atoms with Crippen molar-refractivity contribution in [2.75, 3.05) is 10.6 Å². The van der Waals surface area contributed by atoms with E-state index < -0.39 is 5.91 Å². The number of amides is 2. The van der Waals surface area contributed by atoms with Crippen LogP contribution in [-0.2, 0) is 4.79 Å². The van der Waals surface area contributed by atoms with E-state index in [1.54, 1.807) is 24.3 Å². The van der Waals surface area contributed by atoms with Crippen molar-refractivity contribution in [1.29, 1.82) is 0 Å². The number of anilines is 2. The van der Waals surface area contributed by atoms with E-state index in [9.17, 15) is 14.4 Å². The Kier molecular flexibility index (Phi) is 3.97. The molecule has 0 saturated heterocycles. The van der Waals surface area contributed by atoms with Crippen LogP contribution in [0.4, 0.5) is 11.4 Å². The number of aromatic amines is 1. The Balaban J connectivity index is 1.71. The first-order valence-electron chi connectivity index (χ1n) is 7.44. The van der Waals surface area contributed by atoms with Crippen molar-refractivity contribution >= 4 is 23.2 Å². The number of pyridine rings is 1. The highest BCUT2D eigenvalue weighted by molar-refractivity contribution is 6.05. The maximum Gasteiger partial charge on any atom is 0.255 e. The Morgan fingerprint density at radius 3 is 2.70 bits per heavy atom. The summed E-state index contributed by atoms with van der Waals surface area (Å²) in [4.78, 5) is 38.5. The van der Waals surface area contributed by atoms with Crippen LogP contribution >= 0.6 is 0 Å². The maximum atomic E-state index is 12.2. The van der Waals surface area contributed by atoms with Gasteiger partial charge < -0.3 is 15.6 Å². The van der Waals surface area contributed by atoms with Gasteiger partial charge in [-0.3, -0.25) is 14.4 Å². The molecule has 0 aliphatic heterocycles. The van der Waals surface area contributed by atoms with Crippen molar-refractivity contribution in [3.63, 3.8) is 0 Å². The van der Waals surface area contributed by atoms with Gasteiger partial charge in [0.2, 0.25) is 11.3 Å². The highest BCUT2D eigenvalue weighted by Gasteiger charge is 2.39. The van der Waals surface area contributed by atoms with E-state index in [0.717, 1.165) is 6.42 Å². The fourth-order valence-electron chi connectivity index (χ4n) is 2.37. The summed E-state index contributed by atoms with van der Waals surface area (Å²) in [6, 6.07) is 7.98. The lowest BCUT2D eigenvalue weighted by atomic mass is 10.1. The zero-order valence-electron chi connectivity index (χ0n) is 12.6. The van der Waals surface area contributed by atoms with Crippen LogP contribution < -0.4 is 16.1 Å². The molecule has 0 spiro atoms. The highest BCUT2D eigenvalue weighted by Crippen LogP contribution is 2.38. The van der Waals surface area contributed by atoms with Crippen molar-refractivity contribution < 1.29 is 9.59 Å². The number of carbonyl (C=O) groups is 2. The van der Waals surface area contributed by atoms with Crippen molar-refractivity contribution in [2.45, 2.75) is 13.3 Å². The van der Waals surface area contributed by atoms with Gasteiger partial charge in [-0.05, 0) is 30.5 Å². The van der Waals surface area contributed by atoms with Crippen LogP contribution in [0.25, 0.3) is 0 Å². The SMILES string of the molecule is CC1CC1C(=O)Nc1cccc(C(=O)Nc2c[nH]ccc2=O)c1. The van der Waals surface area contributed by atoms with Crippen molar-refractivity contribution in [3.8, 4) is 0 Å². The van der Waals surface area contributed by atoms with Gasteiger partial charge in [0.05, 0.1) is 0 Å². The second kappa shape index (κ2) is 6.08. The fourth-order valence-corrected chi connectivity index (χ4v) is 2.37. The summed E-state index contributed by atoms with van der Waals surface area (Å²) in [5.74, 6) is 0.0637. The molecule has 2 amide bonds. The lowest BCUT2D eigenvalue weighted by Crippen LogP contribution is -2.19. The molecule has 0 radical (unpaired) electrons. The molecule has 23 heavy (non-hydrogen) atoms. The monoisotopic (exact) mass is 311 g/mol. The molecule has 1 heterocycles. The Bertz CT molecular complexity index is 812. The molecule has 118 valence electrons. The fraction of sp³-hybridized carbons (Fsp3) is 0.235. The second-order valence-corrected chi connectivity index (χ2v) is 5.77. The topological polar surface area (TPSA) is 91.1 Å². The molecule has 1 fully saturated rings. The summed E-state index contributed by atoms with van der Waals surface area (Å²) in [5, 5.41) is 5.37. The van der Waals surface area contributed by atoms with Gasteiger partial charge in [0.15, 0.2) is 0 Å². The number of H-pyrrole nitrogens is 1. The Hall–Kier alpha value is -2.89. The predicted molar refractivity (Wildman–Crippen MR) is 87.4 cm³/mol. The molecule has 1 aromatic carbocycles. The molecule has 1 saturated carbocycles. The Labute approximate surface area is 132 Å². The summed E-state index contributed by atoms with van der Waals surface area (Å²) < 4.78 is 0. The zero-order chi connectivity index (χ0) is 16.4. The van der Waals surface area contributed by atoms with E-state index in [0.29, 0.717) is 17.2 Å². The molecule has 2 atom stereocenters. The van der Waals surface area contributed by atoms with E-state index in [2.05, 4.69) is 15.6 Å². The predicted octanol–water partition coefficient (Wildman–Crippen LogP) is 2.22. The quantitative estimate of drug-likeness (QED) is 0.808. The van der Waals surface area contributed by atoms with Gasteiger partial charge in [-0.25, -0.2) is 0 Å². The van der Waals surface area contributed by atoms with Crippen LogP contribution in [0.5, 0.6) is 0 Å². The van der Waals surface area contributed by atoms with Gasteiger partial charge in [-0.15, -0.1) is 0 Å². The minimum Gasteiger partial charge on any atom is -0.366 e. The first kappa shape index (κ1) is 15.0. The molecule has 3 N–H and O–H groups in total. The average Bonchev–Trinajstić information content (AvgIpc) is 3.27. The molecular formula is C17H17N3O3. The van der Waals surface area contributed by atoms with Crippen LogP contribution in [0.15, 0.2) is 47.5 Å². The molecule has 2 unspecified atom stereocenters. The first-order valence-corrected chi connectivity index (χ1v) is 7.44. The van der Waals surface area contributed by atoms with Crippen LogP contribution in [0.2, 0.25) is 0 Å². The van der Waals surface area contributed by atoms with Gasteiger partial charge in [0.1, 0.15) is 5.69 Å². The van der Waals surface area contributed by atoms with Crippen LogP contribution in [0, 0.1) is 11.8 Å². The van der Waals surface area contributed by atoms with Gasteiger partial charge in [0, 0.05) is 35.6 Å². The molecule has 1 aliphatic rings. The van der Waals surface area contributed by atoms with E-state index in [4.69, 9.17) is 0 Å². The van der Waals surface area contributed by atoms with Gasteiger partial charge in [-0.2, -0.15) is 0 Å². The third kappa shape index (κ3) is 3.48. The summed E-state index contributed by atoms with van der Waals surface area (Å²) in [6.45, 7) is 2.03. The van der Waals surface area contributed by atoms with E-state index >= 15 is 0 Å². The third-order valence-corrected chi connectivity index (χ3v) is 3.91. The van der Waals surface area contributed by atoms with Gasteiger partial charge >= 0.3 is 0 Å². The van der Waals surface area contributed by atoms with Crippen molar-refractivity contribution in [3.05, 3.63) is 58.5 Å². The molecule has 2 aromatic rings. The molecule has 0 bridgehead atoms. The lowest BCUT2D eigenvalue weighted by Gasteiger charge is -2.08. The minimum atomic E-state index is -0.405. The highest BCUT2D eigenvalue weighted by atomic mass is 16.2.